The second-order valence-electron chi connectivity index (χ2n) is 2.43. The fourth-order valence-corrected chi connectivity index (χ4v) is 1.55. The first-order chi connectivity index (χ1) is 5.10. The Morgan fingerprint density at radius 2 is 2.09 bits per heavy atom. The lowest BCUT2D eigenvalue weighted by Gasteiger charge is -2.15. The molecule has 0 aliphatic heterocycles. The number of ketones is 1. The Kier molecular flexibility index (Phi) is 4.57. The van der Waals surface area contributed by atoms with Crippen LogP contribution in [0.5, 0.6) is 0 Å². The molecule has 1 atom stereocenters. The fraction of sp³-hybridized carbons (Fsp3) is 0.750. The fourth-order valence-electron chi connectivity index (χ4n) is 0.872. The minimum absolute atomic E-state index is 0.0886. The Morgan fingerprint density at radius 1 is 1.55 bits per heavy atom. The molecule has 0 saturated heterocycles. The highest BCUT2D eigenvalue weighted by Crippen LogP contribution is 2.24. The number of halogens is 1. The lowest BCUT2D eigenvalue weighted by atomic mass is 9.98. The zero-order valence-corrected chi connectivity index (χ0v) is 8.40. The van der Waals surface area contributed by atoms with E-state index in [9.17, 15) is 9.59 Å². The maximum absolute atomic E-state index is 11.1. The summed E-state index contributed by atoms with van der Waals surface area (Å²) in [6.45, 7) is 3.67. The van der Waals surface area contributed by atoms with Gasteiger partial charge in [0, 0.05) is 6.42 Å². The van der Waals surface area contributed by atoms with Gasteiger partial charge in [0.15, 0.2) is 5.78 Å². The monoisotopic (exact) mass is 219 g/mol. The van der Waals surface area contributed by atoms with E-state index >= 15 is 0 Å². The minimum Gasteiger partial charge on any atom is -0.298 e. The predicted molar refractivity (Wildman–Crippen MR) is 47.6 cm³/mol. The number of rotatable bonds is 5. The van der Waals surface area contributed by atoms with E-state index in [0.717, 1.165) is 6.42 Å². The summed E-state index contributed by atoms with van der Waals surface area (Å²) >= 11 is 3.10. The van der Waals surface area contributed by atoms with Crippen LogP contribution in [-0.4, -0.2) is 16.4 Å². The molecule has 0 spiro atoms. The predicted octanol–water partition coefficient (Wildman–Crippen LogP) is 2.01. The molecule has 3 heteroatoms. The molecule has 0 bridgehead atoms. The van der Waals surface area contributed by atoms with Gasteiger partial charge in [0.25, 0.3) is 0 Å². The molecule has 11 heavy (non-hydrogen) atoms. The van der Waals surface area contributed by atoms with Gasteiger partial charge in [0.1, 0.15) is 4.32 Å². The van der Waals surface area contributed by atoms with Gasteiger partial charge in [0.05, 0.1) is 0 Å². The van der Waals surface area contributed by atoms with Crippen LogP contribution in [0.2, 0.25) is 0 Å². The molecule has 0 N–H and O–H groups in total. The minimum atomic E-state index is -1.03. The van der Waals surface area contributed by atoms with Crippen molar-refractivity contribution in [1.82, 2.24) is 0 Å². The van der Waals surface area contributed by atoms with E-state index in [0.29, 0.717) is 12.8 Å². The summed E-state index contributed by atoms with van der Waals surface area (Å²) in [5.41, 5.74) is 0. The van der Waals surface area contributed by atoms with Crippen molar-refractivity contribution >= 4 is 28.0 Å². The van der Waals surface area contributed by atoms with E-state index in [4.69, 9.17) is 0 Å². The molecule has 1 unspecified atom stereocenters. The highest BCUT2D eigenvalue weighted by Gasteiger charge is 2.33. The largest absolute Gasteiger partial charge is 0.298 e. The molecule has 0 aromatic heterocycles. The maximum Gasteiger partial charge on any atom is 0.224 e. The summed E-state index contributed by atoms with van der Waals surface area (Å²) < 4.78 is -1.03. The Hall–Kier alpha value is -0.180. The number of alkyl halides is 1. The number of carbonyl (C=O) groups is 1. The number of carbonyl (C=O) groups excluding carboxylic acids is 2. The second-order valence-corrected chi connectivity index (χ2v) is 3.78. The van der Waals surface area contributed by atoms with Crippen molar-refractivity contribution < 1.29 is 9.59 Å². The van der Waals surface area contributed by atoms with Crippen molar-refractivity contribution in [1.29, 1.82) is 0 Å². The van der Waals surface area contributed by atoms with E-state index < -0.39 is 4.32 Å². The maximum atomic E-state index is 11.1. The van der Waals surface area contributed by atoms with Crippen molar-refractivity contribution in [3.05, 3.63) is 0 Å². The Balaban J connectivity index is 4.31. The Labute approximate surface area is 75.5 Å². The molecule has 0 heterocycles. The van der Waals surface area contributed by atoms with Gasteiger partial charge in [-0.15, -0.1) is 0 Å². The molecule has 0 aromatic rings. The molecule has 0 aliphatic carbocycles. The summed E-state index contributed by atoms with van der Waals surface area (Å²) in [7, 11) is 0. The van der Waals surface area contributed by atoms with Crippen LogP contribution in [0.15, 0.2) is 0 Å². The van der Waals surface area contributed by atoms with Crippen molar-refractivity contribution in [3.8, 4) is 0 Å². The van der Waals surface area contributed by atoms with Crippen LogP contribution in [-0.2, 0) is 9.59 Å². The second kappa shape index (κ2) is 4.65. The third-order valence-corrected chi connectivity index (χ3v) is 2.52. The van der Waals surface area contributed by atoms with Crippen LogP contribution in [0.3, 0.4) is 0 Å². The summed E-state index contributed by atoms with van der Waals surface area (Å²) in [6.07, 6.45) is 3.45. The smallest absolute Gasteiger partial charge is 0.224 e. The van der Waals surface area contributed by atoms with Crippen molar-refractivity contribution in [2.45, 2.75) is 37.4 Å². The average Bonchev–Trinajstić information content (AvgIpc) is 2.03. The lowest BCUT2D eigenvalue weighted by Crippen LogP contribution is -2.32. The first-order valence-corrected chi connectivity index (χ1v) is 4.51. The van der Waals surface area contributed by atoms with Gasteiger partial charge in [-0.3, -0.25) is 9.59 Å². The standard InChI is InChI=1S/C8H12BrO2/c1-3-5-8(9,6-10)7(11)4-2/h3-5H2,1-2H3. The molecule has 63 valence electrons. The molecule has 0 saturated carbocycles. The average molecular weight is 220 g/mol. The van der Waals surface area contributed by atoms with Gasteiger partial charge in [-0.05, 0) is 6.42 Å². The van der Waals surface area contributed by atoms with E-state index in [1.165, 1.54) is 0 Å². The zero-order chi connectivity index (χ0) is 8.91. The van der Waals surface area contributed by atoms with Crippen LogP contribution in [0.4, 0.5) is 0 Å². The SMILES string of the molecule is CCCC(Br)([C]=O)C(=O)CC. The highest BCUT2D eigenvalue weighted by molar-refractivity contribution is 9.10. The van der Waals surface area contributed by atoms with Gasteiger partial charge in [-0.25, -0.2) is 0 Å². The third kappa shape index (κ3) is 2.73. The van der Waals surface area contributed by atoms with Gasteiger partial charge in [-0.2, -0.15) is 0 Å². The van der Waals surface area contributed by atoms with Gasteiger partial charge < -0.3 is 0 Å². The summed E-state index contributed by atoms with van der Waals surface area (Å²) in [5, 5.41) is 0. The van der Waals surface area contributed by atoms with Crippen molar-refractivity contribution in [2.24, 2.45) is 0 Å². The lowest BCUT2D eigenvalue weighted by molar-refractivity contribution is -0.119. The van der Waals surface area contributed by atoms with Gasteiger partial charge in [-0.1, -0.05) is 36.2 Å². The number of hydrogen-bond acceptors (Lipinski definition) is 2. The van der Waals surface area contributed by atoms with E-state index in [1.807, 2.05) is 6.92 Å². The summed E-state index contributed by atoms with van der Waals surface area (Å²) in [5.74, 6) is -0.0886. The topological polar surface area (TPSA) is 34.1 Å². The van der Waals surface area contributed by atoms with Gasteiger partial charge in [0.2, 0.25) is 6.29 Å². The summed E-state index contributed by atoms with van der Waals surface area (Å²) in [6, 6.07) is 0. The molecule has 0 aliphatic rings. The first-order valence-electron chi connectivity index (χ1n) is 3.72. The molecular formula is C8H12BrO2. The van der Waals surface area contributed by atoms with E-state index in [2.05, 4.69) is 15.9 Å². The Bertz CT molecular complexity index is 156. The Morgan fingerprint density at radius 3 is 2.36 bits per heavy atom. The van der Waals surface area contributed by atoms with Gasteiger partial charge >= 0.3 is 0 Å². The molecule has 0 aromatic carbocycles. The third-order valence-electron chi connectivity index (χ3n) is 1.52. The van der Waals surface area contributed by atoms with E-state index in [1.54, 1.807) is 13.2 Å². The van der Waals surface area contributed by atoms with Crippen LogP contribution in [0, 0.1) is 0 Å². The molecular weight excluding hydrogens is 208 g/mol. The van der Waals surface area contributed by atoms with E-state index in [-0.39, 0.29) is 5.78 Å². The molecule has 0 amide bonds. The molecule has 0 rings (SSSR count). The molecule has 0 fully saturated rings. The van der Waals surface area contributed by atoms with Crippen LogP contribution >= 0.6 is 15.9 Å². The number of hydrogen-bond donors (Lipinski definition) is 0. The highest BCUT2D eigenvalue weighted by atomic mass is 79.9. The number of Topliss-reactive ketones (excluding diaryl/α,β-unsaturated/α-hetero) is 1. The normalized spacial score (nSPS) is 15.5. The molecule has 2 nitrogen and oxygen atoms in total. The quantitative estimate of drug-likeness (QED) is 0.524. The van der Waals surface area contributed by atoms with Crippen LogP contribution in [0.25, 0.3) is 0 Å². The first kappa shape index (κ1) is 10.8. The molecule has 1 radical (unpaired) electrons. The van der Waals surface area contributed by atoms with Crippen LogP contribution < -0.4 is 0 Å². The van der Waals surface area contributed by atoms with Crippen molar-refractivity contribution in [2.75, 3.05) is 0 Å². The zero-order valence-electron chi connectivity index (χ0n) is 6.82. The summed E-state index contributed by atoms with van der Waals surface area (Å²) in [4.78, 5) is 21.6. The van der Waals surface area contributed by atoms with Crippen molar-refractivity contribution in [3.63, 3.8) is 0 Å². The van der Waals surface area contributed by atoms with Crippen LogP contribution in [0.1, 0.15) is 33.1 Å².